The predicted octanol–water partition coefficient (Wildman–Crippen LogP) is 5.80. The molecule has 0 bridgehead atoms. The van der Waals surface area contributed by atoms with Crippen LogP contribution in [-0.2, 0) is 0 Å². The van der Waals surface area contributed by atoms with Crippen LogP contribution in [0, 0.1) is 0 Å². The van der Waals surface area contributed by atoms with Gasteiger partial charge in [-0.15, -0.1) is 12.4 Å². The summed E-state index contributed by atoms with van der Waals surface area (Å²) in [6.07, 6.45) is 1.97. The Morgan fingerprint density at radius 1 is 0.735 bits per heavy atom. The van der Waals surface area contributed by atoms with Gasteiger partial charge in [0.1, 0.15) is 23.4 Å². The molecule has 2 N–H and O–H groups in total. The quantitative estimate of drug-likeness (QED) is 0.236. The van der Waals surface area contributed by atoms with Crippen molar-refractivity contribution in [2.45, 2.75) is 44.4 Å². The van der Waals surface area contributed by atoms with E-state index in [1.165, 1.54) is 11.1 Å². The Kier molecular flexibility index (Phi) is 11.7. The first-order valence-electron chi connectivity index (χ1n) is 11.5. The van der Waals surface area contributed by atoms with E-state index in [2.05, 4.69) is 29.6 Å². The molecule has 0 heterocycles. The van der Waals surface area contributed by atoms with Crippen LogP contribution < -0.4 is 19.5 Å². The van der Waals surface area contributed by atoms with Crippen LogP contribution in [0.2, 0.25) is 0 Å². The molecule has 3 rings (SSSR count). The van der Waals surface area contributed by atoms with Crippen molar-refractivity contribution >= 4 is 12.4 Å². The average Bonchev–Trinajstić information content (AvgIpc) is 2.86. The fourth-order valence-corrected chi connectivity index (χ4v) is 3.87. The minimum Gasteiger partial charge on any atom is -0.497 e. The van der Waals surface area contributed by atoms with E-state index in [0.29, 0.717) is 0 Å². The van der Waals surface area contributed by atoms with Crippen LogP contribution in [0.4, 0.5) is 0 Å². The highest BCUT2D eigenvalue weighted by Gasteiger charge is 2.17. The summed E-state index contributed by atoms with van der Waals surface area (Å²) in [6, 6.07) is 26.2. The highest BCUT2D eigenvalue weighted by molar-refractivity contribution is 5.85. The summed E-state index contributed by atoms with van der Waals surface area (Å²) in [6.45, 7) is 2.50. The summed E-state index contributed by atoms with van der Waals surface area (Å²) < 4.78 is 16.6. The van der Waals surface area contributed by atoms with E-state index in [9.17, 15) is 5.11 Å². The highest BCUT2D eigenvalue weighted by atomic mass is 35.5. The SMILES string of the molecule is COc1ccc(C(CCCCNC(Oc2ccccc2)C(C)O)c2ccc(OC)cc2)cc1.Cl. The van der Waals surface area contributed by atoms with Gasteiger partial charge in [-0.25, -0.2) is 0 Å². The third kappa shape index (κ3) is 8.24. The number of halogens is 1. The Hall–Kier alpha value is -2.73. The number of methoxy groups -OCH3 is 2. The zero-order valence-electron chi connectivity index (χ0n) is 20.1. The number of nitrogens with one attached hydrogen (secondary N) is 1. The van der Waals surface area contributed by atoms with Crippen LogP contribution in [0.25, 0.3) is 0 Å². The molecule has 3 aromatic carbocycles. The van der Waals surface area contributed by atoms with Crippen molar-refractivity contribution in [3.05, 3.63) is 90.0 Å². The fourth-order valence-electron chi connectivity index (χ4n) is 3.87. The van der Waals surface area contributed by atoms with Gasteiger partial charge >= 0.3 is 0 Å². The molecule has 0 saturated carbocycles. The topological polar surface area (TPSA) is 60.0 Å². The molecule has 0 fully saturated rings. The minimum absolute atomic E-state index is 0. The number of hydrogen-bond donors (Lipinski definition) is 2. The van der Waals surface area contributed by atoms with E-state index in [-0.39, 0.29) is 18.3 Å². The van der Waals surface area contributed by atoms with E-state index < -0.39 is 12.3 Å². The van der Waals surface area contributed by atoms with Gasteiger partial charge in [-0.2, -0.15) is 0 Å². The summed E-state index contributed by atoms with van der Waals surface area (Å²) >= 11 is 0. The average molecular weight is 486 g/mol. The predicted molar refractivity (Wildman–Crippen MR) is 139 cm³/mol. The Balaban J connectivity index is 0.00000408. The summed E-state index contributed by atoms with van der Waals surface area (Å²) in [4.78, 5) is 0. The summed E-state index contributed by atoms with van der Waals surface area (Å²) in [5.41, 5.74) is 2.53. The number of unbranched alkanes of at least 4 members (excludes halogenated alkanes) is 1. The first kappa shape index (κ1) is 27.5. The van der Waals surface area contributed by atoms with Gasteiger partial charge in [0, 0.05) is 5.92 Å². The van der Waals surface area contributed by atoms with Crippen LogP contribution in [0.5, 0.6) is 17.2 Å². The zero-order valence-corrected chi connectivity index (χ0v) is 21.0. The largest absolute Gasteiger partial charge is 0.497 e. The van der Waals surface area contributed by atoms with Crippen LogP contribution in [0.15, 0.2) is 78.9 Å². The Bertz CT molecular complexity index is 885. The van der Waals surface area contributed by atoms with Gasteiger partial charge in [-0.3, -0.25) is 5.32 Å². The molecule has 34 heavy (non-hydrogen) atoms. The lowest BCUT2D eigenvalue weighted by molar-refractivity contribution is 0.0269. The molecule has 0 amide bonds. The lowest BCUT2D eigenvalue weighted by atomic mass is 9.87. The van der Waals surface area contributed by atoms with Crippen molar-refractivity contribution in [3.8, 4) is 17.2 Å². The molecule has 0 radical (unpaired) electrons. The second kappa shape index (κ2) is 14.5. The molecule has 5 nitrogen and oxygen atoms in total. The number of benzene rings is 3. The molecule has 2 unspecified atom stereocenters. The number of aliphatic hydroxyl groups excluding tert-OH is 1. The molecular formula is C28H36ClNO4. The van der Waals surface area contributed by atoms with Crippen molar-refractivity contribution < 1.29 is 19.3 Å². The fraction of sp³-hybridized carbons (Fsp3) is 0.357. The second-order valence-electron chi connectivity index (χ2n) is 8.14. The van der Waals surface area contributed by atoms with E-state index in [1.54, 1.807) is 21.1 Å². The molecular weight excluding hydrogens is 450 g/mol. The maximum absolute atomic E-state index is 10.1. The third-order valence-corrected chi connectivity index (χ3v) is 5.75. The van der Waals surface area contributed by atoms with Crippen molar-refractivity contribution in [1.82, 2.24) is 5.32 Å². The van der Waals surface area contributed by atoms with E-state index in [1.807, 2.05) is 54.6 Å². The third-order valence-electron chi connectivity index (χ3n) is 5.75. The molecule has 0 aromatic heterocycles. The van der Waals surface area contributed by atoms with Crippen molar-refractivity contribution in [2.75, 3.05) is 20.8 Å². The Morgan fingerprint density at radius 2 is 1.26 bits per heavy atom. The van der Waals surface area contributed by atoms with Gasteiger partial charge in [-0.1, -0.05) is 48.9 Å². The van der Waals surface area contributed by atoms with Crippen LogP contribution in [0.1, 0.15) is 43.2 Å². The highest BCUT2D eigenvalue weighted by Crippen LogP contribution is 2.32. The molecule has 0 saturated heterocycles. The summed E-state index contributed by atoms with van der Waals surface area (Å²) in [7, 11) is 3.37. The molecule has 0 spiro atoms. The number of hydrogen-bond acceptors (Lipinski definition) is 5. The Morgan fingerprint density at radius 3 is 1.74 bits per heavy atom. The molecule has 184 valence electrons. The number of aliphatic hydroxyl groups is 1. The number of rotatable bonds is 13. The standard InChI is InChI=1S/C28H35NO4.ClH/c1-21(30)28(33-26-9-5-4-6-10-26)29-20-8-7-11-27(22-12-16-24(31-2)17-13-22)23-14-18-25(32-3)19-15-23;/h4-6,9-10,12-19,21,27-30H,7-8,11,20H2,1-3H3;1H. The maximum Gasteiger partial charge on any atom is 0.176 e. The normalized spacial score (nSPS) is 12.5. The van der Waals surface area contributed by atoms with Gasteiger partial charge in [-0.05, 0) is 73.8 Å². The second-order valence-corrected chi connectivity index (χ2v) is 8.14. The molecule has 0 aliphatic carbocycles. The lowest BCUT2D eigenvalue weighted by Gasteiger charge is -2.23. The molecule has 2 atom stereocenters. The maximum atomic E-state index is 10.1. The first-order valence-corrected chi connectivity index (χ1v) is 11.5. The molecule has 0 aliphatic heterocycles. The van der Waals surface area contributed by atoms with E-state index in [0.717, 1.165) is 43.1 Å². The number of para-hydroxylation sites is 1. The Labute approximate surface area is 209 Å². The van der Waals surface area contributed by atoms with Crippen LogP contribution in [-0.4, -0.2) is 38.2 Å². The number of ether oxygens (including phenoxy) is 3. The summed E-state index contributed by atoms with van der Waals surface area (Å²) in [5, 5.41) is 13.4. The minimum atomic E-state index is -0.614. The van der Waals surface area contributed by atoms with Crippen molar-refractivity contribution in [2.24, 2.45) is 0 Å². The molecule has 6 heteroatoms. The van der Waals surface area contributed by atoms with E-state index in [4.69, 9.17) is 14.2 Å². The van der Waals surface area contributed by atoms with Gasteiger partial charge in [0.15, 0.2) is 6.23 Å². The van der Waals surface area contributed by atoms with Gasteiger partial charge in [0.2, 0.25) is 0 Å². The van der Waals surface area contributed by atoms with Gasteiger partial charge in [0.25, 0.3) is 0 Å². The smallest absolute Gasteiger partial charge is 0.176 e. The van der Waals surface area contributed by atoms with Crippen molar-refractivity contribution in [3.63, 3.8) is 0 Å². The molecule has 3 aromatic rings. The van der Waals surface area contributed by atoms with Crippen LogP contribution in [0.3, 0.4) is 0 Å². The monoisotopic (exact) mass is 485 g/mol. The van der Waals surface area contributed by atoms with E-state index >= 15 is 0 Å². The zero-order chi connectivity index (χ0) is 23.5. The van der Waals surface area contributed by atoms with Gasteiger partial charge in [0.05, 0.1) is 14.2 Å². The van der Waals surface area contributed by atoms with Gasteiger partial charge < -0.3 is 19.3 Å². The molecule has 0 aliphatic rings. The lowest BCUT2D eigenvalue weighted by Crippen LogP contribution is -2.43. The summed E-state index contributed by atoms with van der Waals surface area (Å²) in [5.74, 6) is 2.75. The van der Waals surface area contributed by atoms with Crippen molar-refractivity contribution in [1.29, 1.82) is 0 Å². The van der Waals surface area contributed by atoms with Crippen LogP contribution >= 0.6 is 12.4 Å². The first-order chi connectivity index (χ1) is 16.1.